The average Bonchev–Trinajstić information content (AvgIpc) is 2.82. The third-order valence-corrected chi connectivity index (χ3v) is 7.58. The maximum absolute atomic E-state index is 13.0. The van der Waals surface area contributed by atoms with E-state index in [-0.39, 0.29) is 41.2 Å². The van der Waals surface area contributed by atoms with Crippen molar-refractivity contribution in [2.24, 2.45) is 5.92 Å². The summed E-state index contributed by atoms with van der Waals surface area (Å²) in [6, 6.07) is 13.9. The van der Waals surface area contributed by atoms with E-state index in [0.717, 1.165) is 18.9 Å². The van der Waals surface area contributed by atoms with Gasteiger partial charge in [0.05, 0.1) is 9.82 Å². The third kappa shape index (κ3) is 5.63. The Labute approximate surface area is 188 Å². The monoisotopic (exact) mass is 460 g/mol. The quantitative estimate of drug-likeness (QED) is 0.337. The van der Waals surface area contributed by atoms with Crippen LogP contribution in [0.1, 0.15) is 24.8 Å². The fourth-order valence-electron chi connectivity index (χ4n) is 3.83. The van der Waals surface area contributed by atoms with Gasteiger partial charge in [0, 0.05) is 38.7 Å². The number of carbonyl (C=O) groups excluding carboxylic acids is 1. The number of nitro benzene ring substituents is 1. The van der Waals surface area contributed by atoms with Crippen molar-refractivity contribution in [2.45, 2.75) is 30.6 Å². The van der Waals surface area contributed by atoms with Crippen molar-refractivity contribution >= 4 is 27.3 Å². The first-order valence-electron chi connectivity index (χ1n) is 10.6. The maximum atomic E-state index is 13.0. The summed E-state index contributed by atoms with van der Waals surface area (Å²) in [5.41, 5.74) is 1.18. The van der Waals surface area contributed by atoms with Crippen LogP contribution in [0.25, 0.3) is 0 Å². The average molecular weight is 461 g/mol. The number of rotatable bonds is 9. The summed E-state index contributed by atoms with van der Waals surface area (Å²) in [7, 11) is -2.34. The summed E-state index contributed by atoms with van der Waals surface area (Å²) in [6.07, 6.45) is 2.56. The summed E-state index contributed by atoms with van der Waals surface area (Å²) < 4.78 is 27.2. The van der Waals surface area contributed by atoms with Crippen LogP contribution in [0.4, 0.5) is 11.4 Å². The number of aryl methyl sites for hydroxylation is 1. The molecule has 0 spiro atoms. The van der Waals surface area contributed by atoms with Crippen LogP contribution in [0.5, 0.6) is 0 Å². The summed E-state index contributed by atoms with van der Waals surface area (Å²) >= 11 is 0. The number of nitro groups is 1. The zero-order valence-corrected chi connectivity index (χ0v) is 18.8. The van der Waals surface area contributed by atoms with Gasteiger partial charge in [0.2, 0.25) is 15.9 Å². The van der Waals surface area contributed by atoms with E-state index in [1.54, 1.807) is 0 Å². The van der Waals surface area contributed by atoms with Crippen molar-refractivity contribution in [1.82, 2.24) is 9.62 Å². The second-order valence-electron chi connectivity index (χ2n) is 7.74. The lowest BCUT2D eigenvalue weighted by Crippen LogP contribution is -2.43. The molecule has 2 aromatic carbocycles. The number of amides is 1. The maximum Gasteiger partial charge on any atom is 0.293 e. The highest BCUT2D eigenvalue weighted by Crippen LogP contribution is 2.30. The lowest BCUT2D eigenvalue weighted by atomic mass is 9.97. The van der Waals surface area contributed by atoms with Crippen LogP contribution in [0, 0.1) is 16.0 Å². The summed E-state index contributed by atoms with van der Waals surface area (Å²) in [6.45, 7) is 0.978. The topological polar surface area (TPSA) is 122 Å². The van der Waals surface area contributed by atoms with E-state index >= 15 is 0 Å². The lowest BCUT2D eigenvalue weighted by molar-refractivity contribution is -0.384. The van der Waals surface area contributed by atoms with Crippen molar-refractivity contribution in [3.63, 3.8) is 0 Å². The number of hydrogen-bond acceptors (Lipinski definition) is 6. The molecule has 1 saturated heterocycles. The van der Waals surface area contributed by atoms with Gasteiger partial charge >= 0.3 is 0 Å². The van der Waals surface area contributed by atoms with Gasteiger partial charge in [-0.05, 0) is 43.4 Å². The van der Waals surface area contributed by atoms with Crippen molar-refractivity contribution < 1.29 is 18.1 Å². The Morgan fingerprint density at radius 2 is 1.84 bits per heavy atom. The molecule has 9 nitrogen and oxygen atoms in total. The molecule has 2 aromatic rings. The minimum Gasteiger partial charge on any atom is -0.383 e. The first-order valence-corrected chi connectivity index (χ1v) is 12.0. The van der Waals surface area contributed by atoms with E-state index in [4.69, 9.17) is 0 Å². The predicted molar refractivity (Wildman–Crippen MR) is 122 cm³/mol. The van der Waals surface area contributed by atoms with Crippen LogP contribution in [0.2, 0.25) is 0 Å². The standard InChI is InChI=1S/C22H28N4O5S/c1-23-20-10-9-19(16-21(20)26(28)29)32(30,31)25-14-11-18(12-15-25)22(27)24-13-5-8-17-6-3-2-4-7-17/h2-4,6-7,9-10,16,18,23H,5,8,11-15H2,1H3,(H,24,27). The Kier molecular flexibility index (Phi) is 7.81. The Hall–Kier alpha value is -2.98. The molecular formula is C22H28N4O5S. The first-order chi connectivity index (χ1) is 15.3. The number of benzene rings is 2. The van der Waals surface area contributed by atoms with E-state index in [9.17, 15) is 23.3 Å². The van der Waals surface area contributed by atoms with E-state index in [2.05, 4.69) is 22.8 Å². The van der Waals surface area contributed by atoms with Gasteiger partial charge in [-0.2, -0.15) is 4.31 Å². The van der Waals surface area contributed by atoms with Crippen LogP contribution in [0.3, 0.4) is 0 Å². The van der Waals surface area contributed by atoms with Crippen LogP contribution in [-0.4, -0.2) is 50.2 Å². The highest BCUT2D eigenvalue weighted by Gasteiger charge is 2.33. The molecule has 1 heterocycles. The number of nitrogens with one attached hydrogen (secondary N) is 2. The fourth-order valence-corrected chi connectivity index (χ4v) is 5.33. The fraction of sp³-hybridized carbons (Fsp3) is 0.409. The molecule has 0 aromatic heterocycles. The van der Waals surface area contributed by atoms with Gasteiger partial charge in [-0.15, -0.1) is 0 Å². The van der Waals surface area contributed by atoms with E-state index in [1.807, 2.05) is 18.2 Å². The molecule has 0 saturated carbocycles. The number of anilines is 1. The highest BCUT2D eigenvalue weighted by atomic mass is 32.2. The summed E-state index contributed by atoms with van der Waals surface area (Å²) in [4.78, 5) is 23.0. The molecule has 172 valence electrons. The molecule has 1 amide bonds. The predicted octanol–water partition coefficient (Wildman–Crippen LogP) is 2.79. The summed E-state index contributed by atoms with van der Waals surface area (Å²) in [5.74, 6) is -0.289. The van der Waals surface area contributed by atoms with E-state index in [0.29, 0.717) is 19.4 Å². The smallest absolute Gasteiger partial charge is 0.293 e. The van der Waals surface area contributed by atoms with Crippen molar-refractivity contribution in [2.75, 3.05) is 32.0 Å². The molecule has 10 heteroatoms. The largest absolute Gasteiger partial charge is 0.383 e. The second kappa shape index (κ2) is 10.6. The van der Waals surface area contributed by atoms with E-state index < -0.39 is 14.9 Å². The Balaban J connectivity index is 1.52. The SMILES string of the molecule is CNc1ccc(S(=O)(=O)N2CCC(C(=O)NCCCc3ccccc3)CC2)cc1[N+](=O)[O-]. The zero-order chi connectivity index (χ0) is 23.1. The Bertz CT molecular complexity index is 1050. The molecule has 32 heavy (non-hydrogen) atoms. The van der Waals surface area contributed by atoms with Gasteiger partial charge in [-0.1, -0.05) is 30.3 Å². The number of sulfonamides is 1. The zero-order valence-electron chi connectivity index (χ0n) is 18.0. The van der Waals surface area contributed by atoms with Gasteiger partial charge in [0.25, 0.3) is 5.69 Å². The third-order valence-electron chi connectivity index (χ3n) is 5.68. The molecule has 1 fully saturated rings. The van der Waals surface area contributed by atoms with Crippen LogP contribution < -0.4 is 10.6 Å². The minimum absolute atomic E-state index is 0.0517. The van der Waals surface area contributed by atoms with Crippen molar-refractivity contribution in [3.8, 4) is 0 Å². The van der Waals surface area contributed by atoms with Gasteiger partial charge in [0.15, 0.2) is 0 Å². The van der Waals surface area contributed by atoms with Crippen LogP contribution in [-0.2, 0) is 21.2 Å². The highest BCUT2D eigenvalue weighted by molar-refractivity contribution is 7.89. The number of hydrogen-bond donors (Lipinski definition) is 2. The first kappa shape index (κ1) is 23.7. The second-order valence-corrected chi connectivity index (χ2v) is 9.68. The van der Waals surface area contributed by atoms with Gasteiger partial charge in [-0.3, -0.25) is 14.9 Å². The molecule has 0 atom stereocenters. The minimum atomic E-state index is -3.87. The van der Waals surface area contributed by atoms with Crippen LogP contribution in [0.15, 0.2) is 53.4 Å². The lowest BCUT2D eigenvalue weighted by Gasteiger charge is -2.30. The number of carbonyl (C=O) groups is 1. The molecule has 0 aliphatic carbocycles. The number of piperidine rings is 1. The molecule has 0 unspecified atom stereocenters. The molecule has 3 rings (SSSR count). The van der Waals surface area contributed by atoms with E-state index in [1.165, 1.54) is 29.0 Å². The Morgan fingerprint density at radius 3 is 2.47 bits per heavy atom. The summed E-state index contributed by atoms with van der Waals surface area (Å²) in [5, 5.41) is 16.9. The van der Waals surface area contributed by atoms with Crippen molar-refractivity contribution in [1.29, 1.82) is 0 Å². The molecule has 1 aliphatic heterocycles. The van der Waals surface area contributed by atoms with Crippen LogP contribution >= 0.6 is 0 Å². The molecule has 0 bridgehead atoms. The van der Waals surface area contributed by atoms with Crippen molar-refractivity contribution in [3.05, 3.63) is 64.2 Å². The number of nitrogens with zero attached hydrogens (tertiary/aromatic N) is 2. The molecule has 2 N–H and O–H groups in total. The van der Waals surface area contributed by atoms with Gasteiger partial charge < -0.3 is 10.6 Å². The molecule has 0 radical (unpaired) electrons. The van der Waals surface area contributed by atoms with Gasteiger partial charge in [-0.25, -0.2) is 8.42 Å². The normalized spacial score (nSPS) is 15.3. The molecule has 1 aliphatic rings. The van der Waals surface area contributed by atoms with Gasteiger partial charge in [0.1, 0.15) is 5.69 Å². The molecular weight excluding hydrogens is 432 g/mol. The Morgan fingerprint density at radius 1 is 1.16 bits per heavy atom.